The van der Waals surface area contributed by atoms with Crippen molar-refractivity contribution < 1.29 is 23.1 Å². The van der Waals surface area contributed by atoms with Crippen molar-refractivity contribution in [3.63, 3.8) is 0 Å². The summed E-state index contributed by atoms with van der Waals surface area (Å²) in [5.41, 5.74) is -0.760. The van der Waals surface area contributed by atoms with E-state index in [9.17, 15) is 18.3 Å². The summed E-state index contributed by atoms with van der Waals surface area (Å²) in [5, 5.41) is 12.6. The third-order valence-corrected chi connectivity index (χ3v) is 4.44. The van der Waals surface area contributed by atoms with Gasteiger partial charge >= 0.3 is 0 Å². The number of hydrogen-bond acceptors (Lipinski definition) is 5. The molecular weight excluding hydrogens is 320 g/mol. The molecule has 3 N–H and O–H groups in total. The number of aliphatic hydroxyl groups is 1. The Labute approximate surface area is 137 Å². The standard InChI is InChI=1S/C15H24N2O5S/c1-4-5-14(18)17-12-6-8-13(9-7-12)23(20,21)16-10-15(2,19)11-22-3/h6-9,16,19H,4-5,10-11H2,1-3H3,(H,17,18)/t15-/m1/s1. The molecule has 23 heavy (non-hydrogen) atoms. The lowest BCUT2D eigenvalue weighted by atomic mass is 10.1. The number of carbonyl (C=O) groups excluding carboxylic acids is 1. The summed E-state index contributed by atoms with van der Waals surface area (Å²) in [6.45, 7) is 3.22. The van der Waals surface area contributed by atoms with E-state index in [0.717, 1.165) is 6.42 Å². The largest absolute Gasteiger partial charge is 0.386 e. The number of carbonyl (C=O) groups is 1. The van der Waals surface area contributed by atoms with E-state index in [1.54, 1.807) is 0 Å². The zero-order valence-corrected chi connectivity index (χ0v) is 14.4. The van der Waals surface area contributed by atoms with Crippen LogP contribution in [0.1, 0.15) is 26.7 Å². The van der Waals surface area contributed by atoms with Gasteiger partial charge in [0.2, 0.25) is 15.9 Å². The van der Waals surface area contributed by atoms with E-state index in [2.05, 4.69) is 10.0 Å². The van der Waals surface area contributed by atoms with Gasteiger partial charge in [0.05, 0.1) is 17.1 Å². The molecule has 0 saturated carbocycles. The average Bonchev–Trinajstić information content (AvgIpc) is 2.46. The summed E-state index contributed by atoms with van der Waals surface area (Å²) in [6, 6.07) is 5.84. The van der Waals surface area contributed by atoms with Crippen molar-refractivity contribution in [2.24, 2.45) is 0 Å². The van der Waals surface area contributed by atoms with E-state index in [-0.39, 0.29) is 24.0 Å². The zero-order valence-electron chi connectivity index (χ0n) is 13.6. The average molecular weight is 344 g/mol. The Morgan fingerprint density at radius 3 is 2.43 bits per heavy atom. The molecule has 0 spiro atoms. The van der Waals surface area contributed by atoms with Crippen LogP contribution < -0.4 is 10.0 Å². The van der Waals surface area contributed by atoms with E-state index in [4.69, 9.17) is 4.74 Å². The van der Waals surface area contributed by atoms with Crippen molar-refractivity contribution in [3.05, 3.63) is 24.3 Å². The second-order valence-corrected chi connectivity index (χ2v) is 7.34. The van der Waals surface area contributed by atoms with Crippen LogP contribution in [0.15, 0.2) is 29.2 Å². The number of rotatable bonds is 9. The molecule has 0 unspecified atom stereocenters. The molecule has 1 aromatic rings. The molecule has 1 amide bonds. The fraction of sp³-hybridized carbons (Fsp3) is 0.533. The fourth-order valence-electron chi connectivity index (χ4n) is 1.86. The molecule has 0 aliphatic carbocycles. The van der Waals surface area contributed by atoms with Crippen LogP contribution in [-0.2, 0) is 19.6 Å². The Bertz CT molecular complexity index is 611. The molecule has 0 saturated heterocycles. The van der Waals surface area contributed by atoms with Gasteiger partial charge in [-0.25, -0.2) is 13.1 Å². The van der Waals surface area contributed by atoms with E-state index in [1.165, 1.54) is 38.3 Å². The Hall–Kier alpha value is -1.48. The maximum atomic E-state index is 12.2. The molecule has 7 nitrogen and oxygen atoms in total. The van der Waals surface area contributed by atoms with Crippen LogP contribution >= 0.6 is 0 Å². The van der Waals surface area contributed by atoms with Gasteiger partial charge in [0.25, 0.3) is 0 Å². The number of nitrogens with one attached hydrogen (secondary N) is 2. The highest BCUT2D eigenvalue weighted by Crippen LogP contribution is 2.15. The fourth-order valence-corrected chi connectivity index (χ4v) is 3.03. The smallest absolute Gasteiger partial charge is 0.240 e. The number of methoxy groups -OCH3 is 1. The topological polar surface area (TPSA) is 105 Å². The minimum Gasteiger partial charge on any atom is -0.386 e. The highest BCUT2D eigenvalue weighted by atomic mass is 32.2. The van der Waals surface area contributed by atoms with Gasteiger partial charge in [0.15, 0.2) is 0 Å². The lowest BCUT2D eigenvalue weighted by molar-refractivity contribution is -0.116. The van der Waals surface area contributed by atoms with Crippen LogP contribution in [0.25, 0.3) is 0 Å². The van der Waals surface area contributed by atoms with E-state index < -0.39 is 15.6 Å². The molecule has 0 fully saturated rings. The van der Waals surface area contributed by atoms with Crippen molar-refractivity contribution in [2.45, 2.75) is 37.2 Å². The van der Waals surface area contributed by atoms with Gasteiger partial charge < -0.3 is 15.2 Å². The van der Waals surface area contributed by atoms with Crippen LogP contribution in [-0.4, -0.2) is 45.3 Å². The lowest BCUT2D eigenvalue weighted by Gasteiger charge is -2.22. The molecule has 0 radical (unpaired) electrons. The quantitative estimate of drug-likeness (QED) is 0.622. The van der Waals surface area contributed by atoms with Crippen LogP contribution in [0.2, 0.25) is 0 Å². The Morgan fingerprint density at radius 1 is 1.30 bits per heavy atom. The maximum absolute atomic E-state index is 12.2. The SMILES string of the molecule is CCCC(=O)Nc1ccc(S(=O)(=O)NC[C@@](C)(O)COC)cc1. The van der Waals surface area contributed by atoms with Gasteiger partial charge in [0, 0.05) is 25.8 Å². The molecule has 8 heteroatoms. The minimum absolute atomic E-state index is 0.0118. The molecular formula is C15H24N2O5S. The van der Waals surface area contributed by atoms with Gasteiger partial charge in [-0.2, -0.15) is 0 Å². The zero-order chi connectivity index (χ0) is 17.5. The van der Waals surface area contributed by atoms with Crippen molar-refractivity contribution in [2.75, 3.05) is 25.6 Å². The van der Waals surface area contributed by atoms with Crippen LogP contribution in [0.4, 0.5) is 5.69 Å². The first-order valence-electron chi connectivity index (χ1n) is 7.31. The second-order valence-electron chi connectivity index (χ2n) is 5.58. The molecule has 0 bridgehead atoms. The summed E-state index contributed by atoms with van der Waals surface area (Å²) >= 11 is 0. The number of benzene rings is 1. The number of amides is 1. The molecule has 130 valence electrons. The number of hydrogen-bond donors (Lipinski definition) is 3. The van der Waals surface area contributed by atoms with Crippen molar-refractivity contribution in [3.8, 4) is 0 Å². The Balaban J connectivity index is 2.72. The van der Waals surface area contributed by atoms with E-state index in [1.807, 2.05) is 6.92 Å². The van der Waals surface area contributed by atoms with Gasteiger partial charge in [-0.3, -0.25) is 4.79 Å². The number of sulfonamides is 1. The first-order chi connectivity index (χ1) is 10.7. The molecule has 0 aliphatic rings. The third kappa shape index (κ3) is 6.66. The predicted molar refractivity (Wildman–Crippen MR) is 87.7 cm³/mol. The van der Waals surface area contributed by atoms with Gasteiger partial charge in [-0.05, 0) is 37.6 Å². The second kappa shape index (κ2) is 8.39. The van der Waals surface area contributed by atoms with Crippen LogP contribution in [0.3, 0.4) is 0 Å². The van der Waals surface area contributed by atoms with E-state index >= 15 is 0 Å². The van der Waals surface area contributed by atoms with Crippen molar-refractivity contribution in [1.29, 1.82) is 0 Å². The molecule has 1 atom stereocenters. The van der Waals surface area contributed by atoms with E-state index in [0.29, 0.717) is 12.1 Å². The predicted octanol–water partition coefficient (Wildman–Crippen LogP) is 1.10. The van der Waals surface area contributed by atoms with Crippen molar-refractivity contribution in [1.82, 2.24) is 4.72 Å². The molecule has 0 heterocycles. The summed E-state index contributed by atoms with van der Waals surface area (Å²) in [7, 11) is -2.32. The first kappa shape index (κ1) is 19.6. The Kier molecular flexibility index (Phi) is 7.14. The number of anilines is 1. The highest BCUT2D eigenvalue weighted by Gasteiger charge is 2.24. The molecule has 1 aromatic carbocycles. The summed E-state index contributed by atoms with van der Waals surface area (Å²) in [5.74, 6) is -0.114. The molecule has 1 rings (SSSR count). The summed E-state index contributed by atoms with van der Waals surface area (Å²) < 4.78 is 31.5. The summed E-state index contributed by atoms with van der Waals surface area (Å²) in [4.78, 5) is 11.5. The monoisotopic (exact) mass is 344 g/mol. The minimum atomic E-state index is -3.75. The first-order valence-corrected chi connectivity index (χ1v) is 8.79. The van der Waals surface area contributed by atoms with Crippen LogP contribution in [0, 0.1) is 0 Å². The lowest BCUT2D eigenvalue weighted by Crippen LogP contribution is -2.43. The number of ether oxygens (including phenoxy) is 1. The van der Waals surface area contributed by atoms with Gasteiger partial charge in [0.1, 0.15) is 0 Å². The molecule has 0 aliphatic heterocycles. The van der Waals surface area contributed by atoms with Gasteiger partial charge in [-0.1, -0.05) is 6.92 Å². The third-order valence-electron chi connectivity index (χ3n) is 3.02. The normalized spacial score (nSPS) is 14.3. The highest BCUT2D eigenvalue weighted by molar-refractivity contribution is 7.89. The Morgan fingerprint density at radius 2 is 1.91 bits per heavy atom. The van der Waals surface area contributed by atoms with Gasteiger partial charge in [-0.15, -0.1) is 0 Å². The summed E-state index contributed by atoms with van der Waals surface area (Å²) in [6.07, 6.45) is 1.15. The van der Waals surface area contributed by atoms with Crippen LogP contribution in [0.5, 0.6) is 0 Å². The van der Waals surface area contributed by atoms with Crippen molar-refractivity contribution >= 4 is 21.6 Å². The molecule has 0 aromatic heterocycles. The maximum Gasteiger partial charge on any atom is 0.240 e.